The Morgan fingerprint density at radius 1 is 0.410 bits per heavy atom. The zero-order chi connectivity index (χ0) is 57.9. The van der Waals surface area contributed by atoms with E-state index in [9.17, 15) is 58.2 Å². The van der Waals surface area contributed by atoms with Crippen molar-refractivity contribution < 1.29 is 96.1 Å². The molecule has 3 saturated heterocycles. The van der Waals surface area contributed by atoms with E-state index in [1.807, 2.05) is 39.2 Å². The number of hydrogen-bond donors (Lipinski definition) is 3. The number of hydrogen-bond acceptors (Lipinski definition) is 27. The lowest BCUT2D eigenvalue weighted by atomic mass is 10.0. The van der Waals surface area contributed by atoms with Crippen LogP contribution in [-0.2, 0) is 85.8 Å². The average Bonchev–Trinajstić information content (AvgIpc) is 4.04. The lowest BCUT2D eigenvalue weighted by Crippen LogP contribution is -2.54. The van der Waals surface area contributed by atoms with E-state index in [1.54, 1.807) is 0 Å². The second-order valence-corrected chi connectivity index (χ2v) is 19.2. The Hall–Kier alpha value is -5.66. The van der Waals surface area contributed by atoms with E-state index in [1.165, 1.54) is 56.5 Å². The van der Waals surface area contributed by atoms with Crippen LogP contribution in [0.25, 0.3) is 0 Å². The minimum atomic E-state index is -1.12. The molecule has 4 fully saturated rings. The van der Waals surface area contributed by atoms with E-state index in [-0.39, 0.29) is 45.8 Å². The molecule has 0 radical (unpaired) electrons. The molecule has 3 aliphatic heterocycles. The lowest BCUT2D eigenvalue weighted by Gasteiger charge is -2.38. The summed E-state index contributed by atoms with van der Waals surface area (Å²) in [5, 5.41) is 22.6. The number of carboxylic acids is 2. The molecule has 78 heavy (non-hydrogen) atoms. The van der Waals surface area contributed by atoms with E-state index in [0.717, 1.165) is 0 Å². The Morgan fingerprint density at radius 2 is 0.705 bits per heavy atom. The summed E-state index contributed by atoms with van der Waals surface area (Å²) in [6.07, 6.45) is -0.714. The van der Waals surface area contributed by atoms with Gasteiger partial charge in [-0.3, -0.25) is 92.5 Å². The predicted molar refractivity (Wildman–Crippen MR) is 272 cm³/mol. The number of ether oxygens (including phenoxy) is 8. The van der Waals surface area contributed by atoms with Crippen LogP contribution in [-0.4, -0.2) is 333 Å². The molecule has 3 N–H and O–H groups in total. The largest absolute Gasteiger partial charge is 0.481 e. The molecule has 0 aromatic rings. The highest BCUT2D eigenvalue weighted by molar-refractivity contribution is 5.77. The van der Waals surface area contributed by atoms with Crippen molar-refractivity contribution in [1.29, 1.82) is 0 Å². The summed E-state index contributed by atoms with van der Waals surface area (Å²) < 4.78 is 40.1. The SMILES string of the molecule is COC(=O)CN1CCN(CC(=O)OC)CCN([C@@H]2CN[C@H](C(=O)O)[C@H]2OC(C)=O)CCN(CC(=O)OC)CC1.COC(=O)CN1CCN(CC(=O)OC)CCN([C@@H]2[C@@H](OC(C)=O)CC[C@@H]2C(=O)O)CCN(CC(=O)OC)CC1. The molecule has 29 heteroatoms. The van der Waals surface area contributed by atoms with Crippen LogP contribution in [0, 0.1) is 5.92 Å². The van der Waals surface area contributed by atoms with Gasteiger partial charge < -0.3 is 48.1 Å². The number of nitrogens with one attached hydrogen (secondary N) is 1. The summed E-state index contributed by atoms with van der Waals surface area (Å²) in [6.45, 7) is 9.72. The summed E-state index contributed by atoms with van der Waals surface area (Å²) in [4.78, 5) is 136. The maximum Gasteiger partial charge on any atom is 0.324 e. The Labute approximate surface area is 455 Å². The van der Waals surface area contributed by atoms with Crippen LogP contribution in [0.4, 0.5) is 0 Å². The van der Waals surface area contributed by atoms with E-state index < -0.39 is 95.9 Å². The first-order valence-electron chi connectivity index (χ1n) is 25.9. The fourth-order valence-corrected chi connectivity index (χ4v) is 9.82. The first-order chi connectivity index (χ1) is 37.1. The zero-order valence-corrected chi connectivity index (χ0v) is 46.5. The van der Waals surface area contributed by atoms with Crippen LogP contribution < -0.4 is 5.32 Å². The summed E-state index contributed by atoms with van der Waals surface area (Å²) in [6, 6.07) is -2.08. The third-order valence-corrected chi connectivity index (χ3v) is 14.1. The van der Waals surface area contributed by atoms with Gasteiger partial charge in [-0.2, -0.15) is 0 Å². The van der Waals surface area contributed by atoms with Crippen molar-refractivity contribution >= 4 is 59.7 Å². The molecule has 0 bridgehead atoms. The predicted octanol–water partition coefficient (Wildman–Crippen LogP) is -4.39. The zero-order valence-electron chi connectivity index (χ0n) is 46.5. The molecule has 4 rings (SSSR count). The summed E-state index contributed by atoms with van der Waals surface area (Å²) in [7, 11) is 7.87. The molecule has 0 aromatic carbocycles. The molecule has 1 aliphatic carbocycles. The monoisotopic (exact) mass is 1120 g/mol. The molecule has 0 aromatic heterocycles. The lowest BCUT2D eigenvalue weighted by molar-refractivity contribution is -0.155. The van der Waals surface area contributed by atoms with Crippen molar-refractivity contribution in [3.05, 3.63) is 0 Å². The topological polar surface area (TPSA) is 323 Å². The minimum absolute atomic E-state index is 0.0191. The number of rotatable bonds is 18. The molecular weight excluding hydrogens is 1030 g/mol. The Bertz CT molecular complexity index is 1920. The van der Waals surface area contributed by atoms with Gasteiger partial charge in [0, 0.05) is 125 Å². The smallest absolute Gasteiger partial charge is 0.324 e. The number of methoxy groups -OCH3 is 6. The van der Waals surface area contributed by atoms with Gasteiger partial charge in [-0.25, -0.2) is 0 Å². The highest BCUT2D eigenvalue weighted by Crippen LogP contribution is 2.33. The molecule has 1 saturated carbocycles. The van der Waals surface area contributed by atoms with Gasteiger partial charge in [0.05, 0.1) is 99.9 Å². The van der Waals surface area contributed by atoms with Crippen molar-refractivity contribution in [2.24, 2.45) is 5.92 Å². The van der Waals surface area contributed by atoms with Gasteiger partial charge in [-0.05, 0) is 12.8 Å². The maximum atomic E-state index is 12.2. The normalized spacial score (nSPS) is 24.7. The molecule has 29 nitrogen and oxygen atoms in total. The van der Waals surface area contributed by atoms with Crippen LogP contribution in [0.5, 0.6) is 0 Å². The quantitative estimate of drug-likeness (QED) is 0.0862. The molecule has 3 heterocycles. The first-order valence-corrected chi connectivity index (χ1v) is 25.9. The molecule has 0 unspecified atom stereocenters. The minimum Gasteiger partial charge on any atom is -0.481 e. The van der Waals surface area contributed by atoms with Gasteiger partial charge in [0.1, 0.15) is 18.2 Å². The van der Waals surface area contributed by atoms with E-state index in [0.29, 0.717) is 118 Å². The standard InChI is InChI=1S/C25H42N4O10.C24H41N5O10/c1-18(30)39-20-6-5-19(25(34)35)24(20)29-13-11-27(16-22(32)37-3)9-7-26(15-21(31)36-2)8-10-28(12-14-29)17-23(33)38-4;1-17(30)39-23-18(13-25-22(23)24(34)35)29-11-9-27(15-20(32)37-3)7-5-26(14-19(31)36-2)6-8-28(10-12-29)16-21(33)38-4/h19-20,24H,5-17H2,1-4H3,(H,34,35);18,22-23,25H,5-16H2,1-4H3,(H,34,35)/t19-,20-,24-;18-,22+,23+/m01/s1. The van der Waals surface area contributed by atoms with Gasteiger partial charge in [0.15, 0.2) is 0 Å². The van der Waals surface area contributed by atoms with Crippen LogP contribution >= 0.6 is 0 Å². The van der Waals surface area contributed by atoms with Crippen molar-refractivity contribution in [3.63, 3.8) is 0 Å². The Morgan fingerprint density at radius 3 is 0.974 bits per heavy atom. The fourth-order valence-electron chi connectivity index (χ4n) is 9.82. The number of nitrogens with zero attached hydrogens (tertiary/aromatic N) is 8. The van der Waals surface area contributed by atoms with Crippen LogP contribution in [0.3, 0.4) is 0 Å². The van der Waals surface area contributed by atoms with Crippen molar-refractivity contribution in [2.75, 3.05) is 193 Å². The Balaban J connectivity index is 0.000000410. The van der Waals surface area contributed by atoms with E-state index in [4.69, 9.17) is 37.9 Å². The second kappa shape index (κ2) is 35.1. The highest BCUT2D eigenvalue weighted by Gasteiger charge is 2.47. The van der Waals surface area contributed by atoms with E-state index >= 15 is 0 Å². The average molecular weight is 1120 g/mol. The van der Waals surface area contributed by atoms with Crippen LogP contribution in [0.1, 0.15) is 26.7 Å². The molecule has 0 spiro atoms. The molecule has 6 atom stereocenters. The number of carbonyl (C=O) groups is 10. The van der Waals surface area contributed by atoms with Crippen LogP contribution in [0.2, 0.25) is 0 Å². The van der Waals surface area contributed by atoms with Gasteiger partial charge in [-0.1, -0.05) is 0 Å². The third-order valence-electron chi connectivity index (χ3n) is 14.1. The Kier molecular flexibility index (Phi) is 29.9. The van der Waals surface area contributed by atoms with Crippen molar-refractivity contribution in [1.82, 2.24) is 44.5 Å². The van der Waals surface area contributed by atoms with Crippen LogP contribution in [0.15, 0.2) is 0 Å². The molecular formula is C49H83N9O20. The van der Waals surface area contributed by atoms with Gasteiger partial charge in [0.25, 0.3) is 0 Å². The number of carbonyl (C=O) groups excluding carboxylic acids is 8. The summed E-state index contributed by atoms with van der Waals surface area (Å²) in [5.41, 5.74) is 0. The van der Waals surface area contributed by atoms with Gasteiger partial charge in [0.2, 0.25) is 0 Å². The summed E-state index contributed by atoms with van der Waals surface area (Å²) >= 11 is 0. The molecule has 444 valence electrons. The fraction of sp³-hybridized carbons (Fsp3) is 0.796. The molecule has 4 aliphatic rings. The second-order valence-electron chi connectivity index (χ2n) is 19.2. The summed E-state index contributed by atoms with van der Waals surface area (Å²) in [5.74, 6) is -6.33. The highest BCUT2D eigenvalue weighted by atomic mass is 16.6. The maximum absolute atomic E-state index is 12.2. The number of carboxylic acid groups (broad SMARTS) is 2. The number of aliphatic carboxylic acids is 2. The number of esters is 8. The first kappa shape index (κ1) is 66.6. The van der Waals surface area contributed by atoms with Crippen molar-refractivity contribution in [2.45, 2.75) is 57.0 Å². The van der Waals surface area contributed by atoms with Gasteiger partial charge >= 0.3 is 59.7 Å². The van der Waals surface area contributed by atoms with Gasteiger partial charge in [-0.15, -0.1) is 0 Å². The molecule has 0 amide bonds. The third kappa shape index (κ3) is 23.4. The van der Waals surface area contributed by atoms with E-state index in [2.05, 4.69) is 5.32 Å². The van der Waals surface area contributed by atoms with Crippen molar-refractivity contribution in [3.8, 4) is 0 Å².